The predicted octanol–water partition coefficient (Wildman–Crippen LogP) is 2.30. The number of esters is 2. The molecule has 6 heterocycles. The molecule has 7 fully saturated rings. The highest BCUT2D eigenvalue weighted by molar-refractivity contribution is 5.84. The van der Waals surface area contributed by atoms with Crippen molar-refractivity contribution in [2.75, 3.05) is 13.2 Å². The molecule has 14 nitrogen and oxygen atoms in total. The van der Waals surface area contributed by atoms with Crippen molar-refractivity contribution < 1.29 is 66.4 Å². The molecule has 14 heteroatoms. The Balaban J connectivity index is 0.925. The minimum Gasteiger partial charge on any atom is -0.463 e. The average Bonchev–Trinajstić information content (AvgIpc) is 3.79. The molecular weight excluding hydrogens is 620 g/mol. The summed E-state index contributed by atoms with van der Waals surface area (Å²) in [6.07, 6.45) is -1.07. The van der Waals surface area contributed by atoms with Crippen molar-refractivity contribution >= 4 is 11.9 Å². The molecule has 0 radical (unpaired) electrons. The van der Waals surface area contributed by atoms with Gasteiger partial charge in [0, 0.05) is 0 Å². The van der Waals surface area contributed by atoms with Crippen LogP contribution in [-0.4, -0.2) is 110 Å². The maximum absolute atomic E-state index is 13.7. The summed E-state index contributed by atoms with van der Waals surface area (Å²) in [5.41, 5.74) is 0. The molecule has 0 aromatic carbocycles. The Labute approximate surface area is 273 Å². The Morgan fingerprint density at radius 1 is 0.532 bits per heavy atom. The topological polar surface area (TPSA) is 145 Å². The van der Waals surface area contributed by atoms with Crippen LogP contribution >= 0.6 is 0 Å². The highest BCUT2D eigenvalue weighted by atomic mass is 16.9. The first-order valence-corrected chi connectivity index (χ1v) is 16.7. The fourth-order valence-corrected chi connectivity index (χ4v) is 8.64. The zero-order valence-electron chi connectivity index (χ0n) is 28.1. The fourth-order valence-electron chi connectivity index (χ4n) is 8.64. The van der Waals surface area contributed by atoms with Crippen LogP contribution in [0.15, 0.2) is 12.2 Å². The molecule has 6 saturated heterocycles. The van der Waals surface area contributed by atoms with Gasteiger partial charge in [-0.3, -0.25) is 9.59 Å². The van der Waals surface area contributed by atoms with Crippen molar-refractivity contribution in [3.05, 3.63) is 12.2 Å². The second-order valence-corrected chi connectivity index (χ2v) is 15.7. The fraction of sp³-hybridized carbons (Fsp3) is 0.879. The maximum Gasteiger partial charge on any atom is 0.310 e. The molecule has 47 heavy (non-hydrogen) atoms. The number of allylic oxidation sites excluding steroid dienone is 2. The van der Waals surface area contributed by atoms with Crippen LogP contribution in [0.25, 0.3) is 0 Å². The summed E-state index contributed by atoms with van der Waals surface area (Å²) in [6.45, 7) is 14.3. The molecule has 0 aromatic rings. The van der Waals surface area contributed by atoms with Crippen molar-refractivity contribution in [2.45, 2.75) is 146 Å². The molecule has 0 aromatic heterocycles. The first kappa shape index (κ1) is 32.5. The third kappa shape index (κ3) is 5.75. The minimum atomic E-state index is -0.877. The highest BCUT2D eigenvalue weighted by Crippen LogP contribution is 2.50. The molecule has 0 N–H and O–H groups in total. The second-order valence-electron chi connectivity index (χ2n) is 15.7. The van der Waals surface area contributed by atoms with E-state index in [1.54, 1.807) is 0 Å². The van der Waals surface area contributed by atoms with Gasteiger partial charge in [0.2, 0.25) is 0 Å². The van der Waals surface area contributed by atoms with E-state index in [-0.39, 0.29) is 25.0 Å². The molecular formula is C33H46O14. The highest BCUT2D eigenvalue weighted by Gasteiger charge is 2.63. The van der Waals surface area contributed by atoms with Crippen molar-refractivity contribution in [2.24, 2.45) is 23.7 Å². The number of hydrogen-bond acceptors (Lipinski definition) is 14. The zero-order chi connectivity index (χ0) is 33.3. The van der Waals surface area contributed by atoms with E-state index in [4.69, 9.17) is 56.8 Å². The molecule has 2 aliphatic carbocycles. The molecule has 2 bridgehead atoms. The lowest BCUT2D eigenvalue weighted by atomic mass is 9.83. The van der Waals surface area contributed by atoms with E-state index in [0.717, 1.165) is 0 Å². The summed E-state index contributed by atoms with van der Waals surface area (Å²) < 4.78 is 72.9. The summed E-state index contributed by atoms with van der Waals surface area (Å²) >= 11 is 0. The van der Waals surface area contributed by atoms with Gasteiger partial charge in [0.15, 0.2) is 35.7 Å². The monoisotopic (exact) mass is 666 g/mol. The van der Waals surface area contributed by atoms with Gasteiger partial charge in [0.25, 0.3) is 0 Å². The van der Waals surface area contributed by atoms with E-state index in [0.29, 0.717) is 6.42 Å². The van der Waals surface area contributed by atoms with Gasteiger partial charge in [-0.1, -0.05) is 12.2 Å². The molecule has 262 valence electrons. The van der Waals surface area contributed by atoms with E-state index in [9.17, 15) is 9.59 Å². The van der Waals surface area contributed by atoms with Gasteiger partial charge in [-0.25, -0.2) is 0 Å². The molecule has 6 aliphatic heterocycles. The molecule has 8 rings (SSSR count). The summed E-state index contributed by atoms with van der Waals surface area (Å²) in [5, 5.41) is 0. The SMILES string of the molecule is CC1(C)O[C@H]2[C@@H](O1)[C@@H](COC(=O)C1C3C=CC(C3)C1C(=O)OC[C@H]1O[C@@H]3OC(C)(C)O[C@@H]3[C@H]3OC(C)(C)O[C@H]31)O[C@@H]1OC(C)(C)O[C@@H]12. The molecule has 4 unspecified atom stereocenters. The van der Waals surface area contributed by atoms with E-state index in [1.807, 2.05) is 67.5 Å². The zero-order valence-corrected chi connectivity index (χ0v) is 28.1. The van der Waals surface area contributed by atoms with Gasteiger partial charge in [-0.15, -0.1) is 0 Å². The first-order valence-electron chi connectivity index (χ1n) is 16.7. The Bertz CT molecular complexity index is 1210. The number of fused-ring (bicyclic) bond motifs is 8. The van der Waals surface area contributed by atoms with Gasteiger partial charge in [0.05, 0.1) is 11.8 Å². The predicted molar refractivity (Wildman–Crippen MR) is 155 cm³/mol. The maximum atomic E-state index is 13.7. The van der Waals surface area contributed by atoms with E-state index < -0.39 is 108 Å². The van der Waals surface area contributed by atoms with Crippen molar-refractivity contribution in [1.82, 2.24) is 0 Å². The second kappa shape index (κ2) is 10.9. The lowest BCUT2D eigenvalue weighted by Crippen LogP contribution is -2.56. The molecule has 8 aliphatic rings. The third-order valence-electron chi connectivity index (χ3n) is 10.3. The molecule has 0 spiro atoms. The van der Waals surface area contributed by atoms with Crippen molar-refractivity contribution in [3.63, 3.8) is 0 Å². The number of ether oxygens (including phenoxy) is 12. The normalized spacial score (nSPS) is 48.9. The average molecular weight is 667 g/mol. The lowest BCUT2D eigenvalue weighted by Gasteiger charge is -2.37. The number of rotatable bonds is 6. The van der Waals surface area contributed by atoms with Crippen LogP contribution in [0.5, 0.6) is 0 Å². The Hall–Kier alpha value is -1.72. The Morgan fingerprint density at radius 3 is 1.28 bits per heavy atom. The number of hydrogen-bond donors (Lipinski definition) is 0. The smallest absolute Gasteiger partial charge is 0.310 e. The summed E-state index contributed by atoms with van der Waals surface area (Å²) in [6, 6.07) is 0. The van der Waals surface area contributed by atoms with Gasteiger partial charge >= 0.3 is 11.9 Å². The standard InChI is InChI=1S/C33H46O14/c1-30(2)40-20-16(38-28-24(22(20)42-30)44-32(5,6)46-28)12-36-26(34)18-14-9-10-15(11-14)19(18)27(35)37-13-17-21-23(43-31(3,4)41-21)25-29(39-17)47-33(7,8)45-25/h9-10,14-25,28-29H,11-13H2,1-8H3/t14?,15?,16-,17-,18?,19?,20+,21+,22+,23+,24-,25-,28-,29-/m1/s1. The van der Waals surface area contributed by atoms with E-state index in [1.165, 1.54) is 0 Å². The van der Waals surface area contributed by atoms with Gasteiger partial charge < -0.3 is 56.8 Å². The Morgan fingerprint density at radius 2 is 0.872 bits per heavy atom. The van der Waals surface area contributed by atoms with Crippen LogP contribution in [-0.2, 0) is 66.4 Å². The molecule has 0 amide bonds. The quantitative estimate of drug-likeness (QED) is 0.302. The largest absolute Gasteiger partial charge is 0.463 e. The van der Waals surface area contributed by atoms with Crippen molar-refractivity contribution in [1.29, 1.82) is 0 Å². The third-order valence-corrected chi connectivity index (χ3v) is 10.3. The van der Waals surface area contributed by atoms with E-state index in [2.05, 4.69) is 0 Å². The summed E-state index contributed by atoms with van der Waals surface area (Å²) in [7, 11) is 0. The van der Waals surface area contributed by atoms with Crippen molar-refractivity contribution in [3.8, 4) is 0 Å². The van der Waals surface area contributed by atoms with Crippen LogP contribution < -0.4 is 0 Å². The molecule has 14 atom stereocenters. The summed E-state index contributed by atoms with van der Waals surface area (Å²) in [5.74, 6) is -6.13. The van der Waals surface area contributed by atoms with E-state index >= 15 is 0 Å². The van der Waals surface area contributed by atoms with Gasteiger partial charge in [-0.05, 0) is 73.6 Å². The Kier molecular flexibility index (Phi) is 7.52. The van der Waals surface area contributed by atoms with Crippen LogP contribution in [0.3, 0.4) is 0 Å². The van der Waals surface area contributed by atoms with Crippen LogP contribution in [0.1, 0.15) is 61.8 Å². The minimum absolute atomic E-state index is 0.0983. The lowest BCUT2D eigenvalue weighted by molar-refractivity contribution is -0.244. The van der Waals surface area contributed by atoms with Crippen LogP contribution in [0.2, 0.25) is 0 Å². The van der Waals surface area contributed by atoms with Crippen LogP contribution in [0.4, 0.5) is 0 Å². The van der Waals surface area contributed by atoms with Gasteiger partial charge in [-0.2, -0.15) is 0 Å². The number of carbonyl (C=O) groups is 2. The van der Waals surface area contributed by atoms with Crippen LogP contribution in [0, 0.1) is 23.7 Å². The molecule has 1 saturated carbocycles. The first-order chi connectivity index (χ1) is 22.0. The van der Waals surface area contributed by atoms with Gasteiger partial charge in [0.1, 0.15) is 62.0 Å². The number of carbonyl (C=O) groups excluding carboxylic acids is 2. The summed E-state index contributed by atoms with van der Waals surface area (Å²) in [4.78, 5) is 27.4.